The van der Waals surface area contributed by atoms with E-state index in [1.54, 1.807) is 13.1 Å². The van der Waals surface area contributed by atoms with Gasteiger partial charge < -0.3 is 9.88 Å². The van der Waals surface area contributed by atoms with Crippen LogP contribution in [0.3, 0.4) is 0 Å². The van der Waals surface area contributed by atoms with Gasteiger partial charge in [-0.05, 0) is 18.4 Å². The fourth-order valence-electron chi connectivity index (χ4n) is 2.09. The Bertz CT molecular complexity index is 720. The molecule has 1 N–H and O–H groups in total. The van der Waals surface area contributed by atoms with Gasteiger partial charge in [-0.2, -0.15) is 5.26 Å². The first-order valence-corrected chi connectivity index (χ1v) is 8.83. The van der Waals surface area contributed by atoms with Crippen LogP contribution in [0.5, 0.6) is 0 Å². The lowest BCUT2D eigenvalue weighted by atomic mass is 9.90. The van der Waals surface area contributed by atoms with Crippen molar-refractivity contribution in [1.29, 1.82) is 5.26 Å². The summed E-state index contributed by atoms with van der Waals surface area (Å²) in [7, 11) is 0. The second kappa shape index (κ2) is 8.02. The molecule has 0 saturated heterocycles. The summed E-state index contributed by atoms with van der Waals surface area (Å²) in [5.74, 6) is 0.110. The minimum Gasteiger partial charge on any atom is -0.337 e. The molecule has 24 heavy (non-hydrogen) atoms. The zero-order valence-electron chi connectivity index (χ0n) is 14.2. The maximum atomic E-state index is 12.2. The molecule has 126 valence electrons. The Morgan fingerprint density at radius 3 is 2.75 bits per heavy atom. The van der Waals surface area contributed by atoms with Crippen molar-refractivity contribution < 1.29 is 4.79 Å². The van der Waals surface area contributed by atoms with E-state index in [4.69, 9.17) is 0 Å². The average Bonchev–Trinajstić information content (AvgIpc) is 3.00. The number of aromatic nitrogens is 2. The van der Waals surface area contributed by atoms with Crippen LogP contribution in [0, 0.1) is 17.2 Å². The average molecular weight is 342 g/mol. The first kappa shape index (κ1) is 18.1. The van der Waals surface area contributed by atoms with Crippen molar-refractivity contribution in [2.45, 2.75) is 38.0 Å². The number of carbonyl (C=O) groups excluding carboxylic acids is 1. The van der Waals surface area contributed by atoms with Gasteiger partial charge in [0.15, 0.2) is 5.16 Å². The third-order valence-corrected chi connectivity index (χ3v) is 5.00. The molecule has 1 atom stereocenters. The number of carbonyl (C=O) groups is 1. The van der Waals surface area contributed by atoms with Crippen molar-refractivity contribution in [2.75, 3.05) is 5.75 Å². The molecule has 1 amide bonds. The minimum absolute atomic E-state index is 0.0384. The molecule has 1 aromatic heterocycles. The number of amides is 1. The highest BCUT2D eigenvalue weighted by molar-refractivity contribution is 7.99. The molecule has 0 aliphatic heterocycles. The van der Waals surface area contributed by atoms with Gasteiger partial charge in [-0.3, -0.25) is 4.79 Å². The van der Waals surface area contributed by atoms with Crippen molar-refractivity contribution in [2.24, 2.45) is 5.92 Å². The Labute approximate surface area is 147 Å². The molecule has 1 unspecified atom stereocenters. The Balaban J connectivity index is 1.95. The van der Waals surface area contributed by atoms with Crippen molar-refractivity contribution in [1.82, 2.24) is 14.9 Å². The minimum atomic E-state index is -0.850. The third kappa shape index (κ3) is 4.62. The fraction of sp³-hybridized carbons (Fsp3) is 0.389. The van der Waals surface area contributed by atoms with E-state index >= 15 is 0 Å². The van der Waals surface area contributed by atoms with Gasteiger partial charge in [0, 0.05) is 18.9 Å². The Morgan fingerprint density at radius 1 is 1.42 bits per heavy atom. The van der Waals surface area contributed by atoms with E-state index in [9.17, 15) is 10.1 Å². The van der Waals surface area contributed by atoms with Gasteiger partial charge in [-0.25, -0.2) is 4.98 Å². The number of rotatable bonds is 7. The summed E-state index contributed by atoms with van der Waals surface area (Å²) in [5.41, 5.74) is 0.329. The van der Waals surface area contributed by atoms with Crippen LogP contribution in [-0.2, 0) is 11.3 Å². The molecule has 0 aliphatic carbocycles. The standard InChI is InChI=1S/C18H22N4OS/c1-14(2)18(3,13-19)21-16(23)12-24-17-20-9-10-22(17)11-15-7-5-4-6-8-15/h4-10,14H,11-12H2,1-3H3,(H,21,23). The predicted molar refractivity (Wildman–Crippen MR) is 95.5 cm³/mol. The van der Waals surface area contributed by atoms with Crippen molar-refractivity contribution >= 4 is 17.7 Å². The van der Waals surface area contributed by atoms with Gasteiger partial charge in [-0.1, -0.05) is 55.9 Å². The molecule has 6 heteroatoms. The summed E-state index contributed by atoms with van der Waals surface area (Å²) in [4.78, 5) is 16.5. The summed E-state index contributed by atoms with van der Waals surface area (Å²) in [5, 5.41) is 12.9. The Hall–Kier alpha value is -2.26. The first-order chi connectivity index (χ1) is 11.4. The van der Waals surface area contributed by atoms with E-state index in [0.717, 1.165) is 5.16 Å². The van der Waals surface area contributed by atoms with Gasteiger partial charge in [0.25, 0.3) is 0 Å². The van der Waals surface area contributed by atoms with Crippen LogP contribution >= 0.6 is 11.8 Å². The topological polar surface area (TPSA) is 70.7 Å². The van der Waals surface area contributed by atoms with Crippen molar-refractivity contribution in [3.63, 3.8) is 0 Å². The van der Waals surface area contributed by atoms with Crippen LogP contribution < -0.4 is 5.32 Å². The van der Waals surface area contributed by atoms with Gasteiger partial charge in [-0.15, -0.1) is 0 Å². The zero-order valence-corrected chi connectivity index (χ0v) is 15.0. The summed E-state index contributed by atoms with van der Waals surface area (Å²) in [6, 6.07) is 12.3. The highest BCUT2D eigenvalue weighted by Gasteiger charge is 2.29. The van der Waals surface area contributed by atoms with E-state index in [0.29, 0.717) is 6.54 Å². The number of hydrogen-bond acceptors (Lipinski definition) is 4. The smallest absolute Gasteiger partial charge is 0.231 e. The maximum absolute atomic E-state index is 12.2. The molecular weight excluding hydrogens is 320 g/mol. The van der Waals surface area contributed by atoms with Crippen LogP contribution in [0.25, 0.3) is 0 Å². The molecule has 0 saturated carbocycles. The Kier molecular flexibility index (Phi) is 6.04. The predicted octanol–water partition coefficient (Wildman–Crippen LogP) is 3.08. The number of nitrogens with zero attached hydrogens (tertiary/aromatic N) is 3. The monoisotopic (exact) mass is 342 g/mol. The zero-order chi connectivity index (χ0) is 17.6. The molecule has 0 aliphatic rings. The number of hydrogen-bond donors (Lipinski definition) is 1. The summed E-state index contributed by atoms with van der Waals surface area (Å²) < 4.78 is 2.01. The summed E-state index contributed by atoms with van der Waals surface area (Å²) in [6.45, 7) is 6.30. The molecule has 5 nitrogen and oxygen atoms in total. The van der Waals surface area contributed by atoms with Crippen LogP contribution in [0.4, 0.5) is 0 Å². The van der Waals surface area contributed by atoms with E-state index in [1.165, 1.54) is 17.3 Å². The molecule has 0 bridgehead atoms. The highest BCUT2D eigenvalue weighted by Crippen LogP contribution is 2.19. The second-order valence-corrected chi connectivity index (χ2v) is 7.07. The third-order valence-electron chi connectivity index (χ3n) is 3.99. The van der Waals surface area contributed by atoms with Crippen LogP contribution in [0.15, 0.2) is 47.9 Å². The maximum Gasteiger partial charge on any atom is 0.231 e. The molecule has 1 aromatic carbocycles. The summed E-state index contributed by atoms with van der Waals surface area (Å²) in [6.07, 6.45) is 3.64. The lowest BCUT2D eigenvalue weighted by molar-refractivity contribution is -0.120. The van der Waals surface area contributed by atoms with E-state index in [-0.39, 0.29) is 17.6 Å². The van der Waals surface area contributed by atoms with Crippen LogP contribution in [0.1, 0.15) is 26.3 Å². The quantitative estimate of drug-likeness (QED) is 0.785. The molecule has 2 aromatic rings. The van der Waals surface area contributed by atoms with Crippen LogP contribution in [0.2, 0.25) is 0 Å². The lowest BCUT2D eigenvalue weighted by Gasteiger charge is -2.27. The molecule has 0 spiro atoms. The second-order valence-electron chi connectivity index (χ2n) is 6.13. The number of nitriles is 1. The lowest BCUT2D eigenvalue weighted by Crippen LogP contribution is -2.49. The molecular formula is C18H22N4OS. The molecule has 1 heterocycles. The Morgan fingerprint density at radius 2 is 2.12 bits per heavy atom. The number of benzene rings is 1. The highest BCUT2D eigenvalue weighted by atomic mass is 32.2. The molecule has 0 radical (unpaired) electrons. The van der Waals surface area contributed by atoms with Crippen molar-refractivity contribution in [3.05, 3.63) is 48.3 Å². The fourth-order valence-corrected chi connectivity index (χ4v) is 2.85. The number of nitrogens with one attached hydrogen (secondary N) is 1. The largest absolute Gasteiger partial charge is 0.337 e. The van der Waals surface area contributed by atoms with E-state index < -0.39 is 5.54 Å². The van der Waals surface area contributed by atoms with E-state index in [1.807, 2.05) is 42.8 Å². The van der Waals surface area contributed by atoms with Gasteiger partial charge in [0.1, 0.15) is 5.54 Å². The first-order valence-electron chi connectivity index (χ1n) is 7.84. The summed E-state index contributed by atoms with van der Waals surface area (Å²) >= 11 is 1.37. The molecule has 0 fully saturated rings. The molecule has 2 rings (SSSR count). The van der Waals surface area contributed by atoms with Crippen molar-refractivity contribution in [3.8, 4) is 6.07 Å². The van der Waals surface area contributed by atoms with Crippen LogP contribution in [-0.4, -0.2) is 26.8 Å². The van der Waals surface area contributed by atoms with Gasteiger partial charge in [0.2, 0.25) is 5.91 Å². The SMILES string of the molecule is CC(C)C(C)(C#N)NC(=O)CSc1nccn1Cc1ccccc1. The van der Waals surface area contributed by atoms with Gasteiger partial charge >= 0.3 is 0 Å². The number of thioether (sulfide) groups is 1. The normalized spacial score (nSPS) is 13.3. The number of imidazole rings is 1. The van der Waals surface area contributed by atoms with Gasteiger partial charge in [0.05, 0.1) is 11.8 Å². The van der Waals surface area contributed by atoms with E-state index in [2.05, 4.69) is 28.5 Å².